The second-order valence-electron chi connectivity index (χ2n) is 7.06. The summed E-state index contributed by atoms with van der Waals surface area (Å²) in [5.74, 6) is -0.378. The molecule has 33 heavy (non-hydrogen) atoms. The molecule has 2 N–H and O–H groups in total. The maximum Gasteiger partial charge on any atom is 0.246 e. The molecule has 8 nitrogen and oxygen atoms in total. The number of nitrogens with two attached hydrogens (primary N) is 1. The number of benzene rings is 2. The van der Waals surface area contributed by atoms with Gasteiger partial charge >= 0.3 is 0 Å². The smallest absolute Gasteiger partial charge is 0.246 e. The lowest BCUT2D eigenvalue weighted by Gasteiger charge is -2.32. The molecule has 2 aromatic carbocycles. The van der Waals surface area contributed by atoms with Gasteiger partial charge in [-0.3, -0.25) is 4.79 Å². The number of aromatic nitrogens is 4. The second kappa shape index (κ2) is 8.74. The molecule has 0 bridgehead atoms. The van der Waals surface area contributed by atoms with Gasteiger partial charge in [-0.25, -0.2) is 14.6 Å². The lowest BCUT2D eigenvalue weighted by Crippen LogP contribution is -2.40. The molecule has 1 atom stereocenters. The Morgan fingerprint density at radius 3 is 2.79 bits per heavy atom. The van der Waals surface area contributed by atoms with Crippen LogP contribution in [0.2, 0.25) is 0 Å². The maximum atomic E-state index is 13.0. The predicted octanol–water partition coefficient (Wildman–Crippen LogP) is 4.22. The van der Waals surface area contributed by atoms with Crippen molar-refractivity contribution >= 4 is 22.8 Å². The first-order valence-electron chi connectivity index (χ1n) is 14.4. The highest BCUT2D eigenvalue weighted by Crippen LogP contribution is 2.34. The van der Waals surface area contributed by atoms with E-state index in [1.807, 2.05) is 18.2 Å². The quantitative estimate of drug-likeness (QED) is 0.458. The third-order valence-electron chi connectivity index (χ3n) is 4.98. The zero-order valence-corrected chi connectivity index (χ0v) is 17.2. The third-order valence-corrected chi connectivity index (χ3v) is 4.98. The fraction of sp³-hybridized carbons (Fsp3) is 0.200. The fourth-order valence-corrected chi connectivity index (χ4v) is 3.44. The number of para-hydroxylation sites is 1. The number of piperidine rings is 1. The first-order chi connectivity index (χ1) is 19.7. The largest absolute Gasteiger partial charge is 0.457 e. The Bertz CT molecular complexity index is 1690. The summed E-state index contributed by atoms with van der Waals surface area (Å²) in [5, 5.41) is 4.61. The van der Waals surface area contributed by atoms with Crippen LogP contribution in [0.25, 0.3) is 22.3 Å². The number of nitrogens with zero attached hydrogens (tertiary/aromatic N) is 5. The Morgan fingerprint density at radius 2 is 2.00 bits per heavy atom. The maximum absolute atomic E-state index is 13.0. The number of carbonyl (C=O) groups excluding carboxylic acids is 1. The molecule has 0 unspecified atom stereocenters. The van der Waals surface area contributed by atoms with E-state index in [1.54, 1.807) is 36.4 Å². The summed E-state index contributed by atoms with van der Waals surface area (Å²) in [4.78, 5) is 21.5. The average molecular weight is 450 g/mol. The van der Waals surface area contributed by atoms with Crippen LogP contribution in [0.3, 0.4) is 0 Å². The molecule has 2 aromatic heterocycles. The Kier molecular flexibility index (Phi) is 3.37. The number of nitrogen functional groups attached to an aromatic ring is 1. The van der Waals surface area contributed by atoms with E-state index in [4.69, 9.17) is 22.8 Å². The third kappa shape index (κ3) is 4.03. The van der Waals surface area contributed by atoms with Crippen LogP contribution in [0.4, 0.5) is 5.82 Å². The van der Waals surface area contributed by atoms with Crippen molar-refractivity contribution in [2.24, 2.45) is 0 Å². The molecule has 1 aliphatic rings. The van der Waals surface area contributed by atoms with Gasteiger partial charge in [-0.15, -0.1) is 0 Å². The summed E-state index contributed by atoms with van der Waals surface area (Å²) in [5.41, 5.74) is 6.66. The van der Waals surface area contributed by atoms with Crippen molar-refractivity contribution < 1.29 is 21.9 Å². The molecule has 1 fully saturated rings. The van der Waals surface area contributed by atoms with Gasteiger partial charge in [0.25, 0.3) is 0 Å². The van der Waals surface area contributed by atoms with E-state index < -0.39 is 50.3 Å². The number of hydrogen-bond acceptors (Lipinski definition) is 6. The van der Waals surface area contributed by atoms with Crippen LogP contribution in [0.1, 0.15) is 31.1 Å². The molecule has 8 heteroatoms. The van der Waals surface area contributed by atoms with Gasteiger partial charge in [0.2, 0.25) is 5.91 Å². The van der Waals surface area contributed by atoms with E-state index in [2.05, 4.69) is 15.1 Å². The fourth-order valence-electron chi connectivity index (χ4n) is 3.44. The molecule has 0 aliphatic carbocycles. The molecule has 1 saturated heterocycles. The molecule has 166 valence electrons. The Labute approximate surface area is 204 Å². The van der Waals surface area contributed by atoms with Crippen molar-refractivity contribution in [3.63, 3.8) is 0 Å². The van der Waals surface area contributed by atoms with Crippen LogP contribution in [-0.2, 0) is 4.79 Å². The van der Waals surface area contributed by atoms with Gasteiger partial charge < -0.3 is 15.4 Å². The topological polar surface area (TPSA) is 99.2 Å². The van der Waals surface area contributed by atoms with Crippen molar-refractivity contribution in [2.75, 3.05) is 18.8 Å². The number of amides is 1. The minimum atomic E-state index is -3.00. The number of carbonyl (C=O) groups is 1. The van der Waals surface area contributed by atoms with Crippen LogP contribution in [-0.4, -0.2) is 43.6 Å². The van der Waals surface area contributed by atoms with Gasteiger partial charge in [-0.2, -0.15) is 5.10 Å². The van der Waals surface area contributed by atoms with Crippen LogP contribution >= 0.6 is 0 Å². The van der Waals surface area contributed by atoms with Crippen molar-refractivity contribution in [3.05, 3.63) is 73.5 Å². The average Bonchev–Trinajstić information content (AvgIpc) is 3.31. The van der Waals surface area contributed by atoms with Crippen molar-refractivity contribution in [1.82, 2.24) is 24.6 Å². The summed E-state index contributed by atoms with van der Waals surface area (Å²) in [6.45, 7) is -5.28. The van der Waals surface area contributed by atoms with Crippen LogP contribution < -0.4 is 10.5 Å². The van der Waals surface area contributed by atoms with E-state index >= 15 is 0 Å². The minimum absolute atomic E-state index is 0.0526. The minimum Gasteiger partial charge on any atom is -0.457 e. The molecule has 5 rings (SSSR count). The van der Waals surface area contributed by atoms with Gasteiger partial charge in [0.15, 0.2) is 5.65 Å². The summed E-state index contributed by atoms with van der Waals surface area (Å²) in [7, 11) is 0. The Hall–Kier alpha value is -4.20. The summed E-state index contributed by atoms with van der Waals surface area (Å²) >= 11 is 0. The van der Waals surface area contributed by atoms with Gasteiger partial charge in [0.05, 0.1) is 18.3 Å². The molecule has 1 amide bonds. The molecule has 0 saturated carbocycles. The van der Waals surface area contributed by atoms with E-state index in [1.165, 1.54) is 0 Å². The van der Waals surface area contributed by atoms with Gasteiger partial charge in [-0.1, -0.05) is 24.7 Å². The summed E-state index contributed by atoms with van der Waals surface area (Å²) < 4.78 is 81.1. The van der Waals surface area contributed by atoms with Crippen LogP contribution in [0.5, 0.6) is 11.5 Å². The van der Waals surface area contributed by atoms with Gasteiger partial charge in [-0.05, 0) is 55.2 Å². The first kappa shape index (κ1) is 12.7. The predicted molar refractivity (Wildman–Crippen MR) is 127 cm³/mol. The van der Waals surface area contributed by atoms with Gasteiger partial charge in [0.1, 0.15) is 29.3 Å². The Morgan fingerprint density at radius 1 is 1.21 bits per heavy atom. The van der Waals surface area contributed by atoms with E-state index in [9.17, 15) is 4.79 Å². The number of hydrogen-bond donors (Lipinski definition) is 1. The Balaban J connectivity index is 1.66. The van der Waals surface area contributed by atoms with Crippen molar-refractivity contribution in [2.45, 2.75) is 18.8 Å². The SMILES string of the molecule is [2H]C([2H])=C([2H])C(=O)N1CC([2H])([2H])C([2H])([2H])[C@@H](n2nc(-c3ccc(Oc4ccccc4)cc3)c3c(N)ncnc32)C1([2H])[2H]. The highest BCUT2D eigenvalue weighted by Gasteiger charge is 2.28. The summed E-state index contributed by atoms with van der Waals surface area (Å²) in [6, 6.07) is 12.4. The lowest BCUT2D eigenvalue weighted by atomic mass is 10.1. The second-order valence-corrected chi connectivity index (χ2v) is 7.06. The highest BCUT2D eigenvalue weighted by molar-refractivity contribution is 5.98. The molecule has 0 radical (unpaired) electrons. The zero-order chi connectivity index (χ0) is 30.6. The highest BCUT2D eigenvalue weighted by atomic mass is 16.5. The number of ether oxygens (including phenoxy) is 1. The monoisotopic (exact) mass is 449 g/mol. The van der Waals surface area contributed by atoms with Crippen LogP contribution in [0.15, 0.2) is 73.5 Å². The lowest BCUT2D eigenvalue weighted by molar-refractivity contribution is -0.127. The normalized spacial score (nSPS) is 24.4. The van der Waals surface area contributed by atoms with E-state index in [0.717, 1.165) is 11.0 Å². The molecular formula is C25H24N6O2. The van der Waals surface area contributed by atoms with Crippen molar-refractivity contribution in [3.8, 4) is 22.8 Å². The van der Waals surface area contributed by atoms with E-state index in [0.29, 0.717) is 22.0 Å². The number of anilines is 1. The standard InChI is InChI=1S/C25H24N6O2/c1-2-21(32)30-14-6-7-18(15-30)31-25-22(24(26)27-16-28-25)23(29-31)17-10-12-20(13-11-17)33-19-8-4-3-5-9-19/h2-5,8-13,16,18H,1,6-7,14-15H2,(H2,26,27,28)/t18-/m1/s1/i1D2,2D,6D2,7D2,15D2. The van der Waals surface area contributed by atoms with Crippen LogP contribution in [0, 0.1) is 0 Å². The first-order valence-corrected chi connectivity index (χ1v) is 9.95. The molecule has 0 spiro atoms. The molecule has 4 aromatic rings. The van der Waals surface area contributed by atoms with Gasteiger partial charge in [0, 0.05) is 24.1 Å². The summed E-state index contributed by atoms with van der Waals surface area (Å²) in [6.07, 6.45) is -4.76. The molecular weight excluding hydrogens is 416 g/mol. The molecule has 3 heterocycles. The zero-order valence-electron chi connectivity index (χ0n) is 26.2. The molecule has 1 aliphatic heterocycles. The number of fused-ring (bicyclic) bond motifs is 1. The van der Waals surface area contributed by atoms with E-state index in [-0.39, 0.29) is 22.5 Å². The van der Waals surface area contributed by atoms with Crippen molar-refractivity contribution in [1.29, 1.82) is 0 Å². The number of likely N-dealkylation sites (tertiary alicyclic amines) is 1. The number of rotatable bonds is 5.